The SMILES string of the molecule is Cc1ccccc1CNC(=O)CSc1nnc(NC(C)(C)C)s1. The van der Waals surface area contributed by atoms with Gasteiger partial charge in [0.2, 0.25) is 11.0 Å². The van der Waals surface area contributed by atoms with Gasteiger partial charge in [0.1, 0.15) is 0 Å². The third-order valence-electron chi connectivity index (χ3n) is 2.95. The standard InChI is InChI=1S/C16H22N4OS2/c1-11-7-5-6-8-12(11)9-17-13(21)10-22-15-20-19-14(23-15)18-16(2,3)4/h5-8H,9-10H2,1-4H3,(H,17,21)(H,18,19). The van der Waals surface area contributed by atoms with Crippen molar-refractivity contribution in [2.24, 2.45) is 0 Å². The first-order valence-electron chi connectivity index (χ1n) is 7.39. The highest BCUT2D eigenvalue weighted by Gasteiger charge is 2.14. The number of hydrogen-bond acceptors (Lipinski definition) is 6. The molecule has 0 atom stereocenters. The Balaban J connectivity index is 1.77. The Labute approximate surface area is 145 Å². The molecule has 0 saturated carbocycles. The lowest BCUT2D eigenvalue weighted by Crippen LogP contribution is -2.25. The van der Waals surface area contributed by atoms with Crippen LogP contribution in [0.25, 0.3) is 0 Å². The Morgan fingerprint density at radius 3 is 2.70 bits per heavy atom. The van der Waals surface area contributed by atoms with E-state index in [0.717, 1.165) is 15.0 Å². The van der Waals surface area contributed by atoms with Gasteiger partial charge < -0.3 is 10.6 Å². The summed E-state index contributed by atoms with van der Waals surface area (Å²) in [5.74, 6) is 0.342. The molecule has 0 aliphatic heterocycles. The predicted molar refractivity (Wildman–Crippen MR) is 97.0 cm³/mol. The summed E-state index contributed by atoms with van der Waals surface area (Å²) < 4.78 is 0.794. The summed E-state index contributed by atoms with van der Waals surface area (Å²) in [7, 11) is 0. The Morgan fingerprint density at radius 2 is 2.00 bits per heavy atom. The molecule has 0 bridgehead atoms. The van der Waals surface area contributed by atoms with Gasteiger partial charge in [0.25, 0.3) is 0 Å². The lowest BCUT2D eigenvalue weighted by Gasteiger charge is -2.18. The van der Waals surface area contributed by atoms with Crippen LogP contribution in [0.5, 0.6) is 0 Å². The second kappa shape index (κ2) is 7.79. The number of aromatic nitrogens is 2. The zero-order chi connectivity index (χ0) is 16.9. The number of benzene rings is 1. The molecule has 2 rings (SSSR count). The van der Waals surface area contributed by atoms with Gasteiger partial charge in [-0.05, 0) is 38.8 Å². The highest BCUT2D eigenvalue weighted by Crippen LogP contribution is 2.27. The number of rotatable bonds is 6. The maximum Gasteiger partial charge on any atom is 0.230 e. The lowest BCUT2D eigenvalue weighted by atomic mass is 10.1. The smallest absolute Gasteiger partial charge is 0.230 e. The van der Waals surface area contributed by atoms with E-state index in [2.05, 4.69) is 41.6 Å². The molecular formula is C16H22N4OS2. The minimum atomic E-state index is -0.0492. The highest BCUT2D eigenvalue weighted by molar-refractivity contribution is 8.01. The fourth-order valence-corrected chi connectivity index (χ4v) is 3.61. The van der Waals surface area contributed by atoms with E-state index in [1.54, 1.807) is 0 Å². The van der Waals surface area contributed by atoms with Gasteiger partial charge >= 0.3 is 0 Å². The second-order valence-corrected chi connectivity index (χ2v) is 8.44. The van der Waals surface area contributed by atoms with Crippen molar-refractivity contribution in [1.82, 2.24) is 15.5 Å². The van der Waals surface area contributed by atoms with Crippen LogP contribution < -0.4 is 10.6 Å². The second-order valence-electron chi connectivity index (χ2n) is 6.24. The van der Waals surface area contributed by atoms with Gasteiger partial charge in [0.15, 0.2) is 4.34 Å². The maximum atomic E-state index is 11.9. The number of thioether (sulfide) groups is 1. The van der Waals surface area contributed by atoms with E-state index in [1.165, 1.54) is 28.7 Å². The fraction of sp³-hybridized carbons (Fsp3) is 0.438. The van der Waals surface area contributed by atoms with Crippen molar-refractivity contribution >= 4 is 34.1 Å². The molecule has 0 unspecified atom stereocenters. The highest BCUT2D eigenvalue weighted by atomic mass is 32.2. The quantitative estimate of drug-likeness (QED) is 0.781. The summed E-state index contributed by atoms with van der Waals surface area (Å²) in [6, 6.07) is 8.04. The summed E-state index contributed by atoms with van der Waals surface area (Å²) in [4.78, 5) is 11.9. The van der Waals surface area contributed by atoms with Crippen LogP contribution in [-0.4, -0.2) is 27.4 Å². The third-order valence-corrected chi connectivity index (χ3v) is 4.92. The van der Waals surface area contributed by atoms with Crippen LogP contribution in [0.15, 0.2) is 28.6 Å². The minimum absolute atomic E-state index is 0.00113. The minimum Gasteiger partial charge on any atom is -0.355 e. The van der Waals surface area contributed by atoms with Crippen molar-refractivity contribution in [3.63, 3.8) is 0 Å². The molecule has 124 valence electrons. The molecule has 0 aliphatic rings. The van der Waals surface area contributed by atoms with Gasteiger partial charge in [0.05, 0.1) is 5.75 Å². The zero-order valence-electron chi connectivity index (χ0n) is 13.8. The Bertz CT molecular complexity index is 664. The molecule has 0 radical (unpaired) electrons. The average molecular weight is 351 g/mol. The Hall–Kier alpha value is -1.60. The molecule has 7 heteroatoms. The van der Waals surface area contributed by atoms with Gasteiger partial charge in [-0.15, -0.1) is 10.2 Å². The summed E-state index contributed by atoms with van der Waals surface area (Å²) in [5, 5.41) is 15.2. The van der Waals surface area contributed by atoms with E-state index in [-0.39, 0.29) is 11.4 Å². The van der Waals surface area contributed by atoms with Crippen LogP contribution >= 0.6 is 23.1 Å². The number of carbonyl (C=O) groups is 1. The van der Waals surface area contributed by atoms with Crippen molar-refractivity contribution in [1.29, 1.82) is 0 Å². The van der Waals surface area contributed by atoms with Crippen molar-refractivity contribution in [3.05, 3.63) is 35.4 Å². The maximum absolute atomic E-state index is 11.9. The van der Waals surface area contributed by atoms with E-state index in [9.17, 15) is 4.79 Å². The summed E-state index contributed by atoms with van der Waals surface area (Å²) in [6.45, 7) is 8.81. The van der Waals surface area contributed by atoms with Crippen LogP contribution in [0, 0.1) is 6.92 Å². The average Bonchev–Trinajstić information content (AvgIpc) is 2.89. The van der Waals surface area contributed by atoms with Crippen molar-refractivity contribution in [2.45, 2.75) is 44.1 Å². The van der Waals surface area contributed by atoms with Gasteiger partial charge in [0, 0.05) is 12.1 Å². The van der Waals surface area contributed by atoms with E-state index in [0.29, 0.717) is 12.3 Å². The largest absolute Gasteiger partial charge is 0.355 e. The van der Waals surface area contributed by atoms with Crippen molar-refractivity contribution < 1.29 is 4.79 Å². The van der Waals surface area contributed by atoms with Crippen LogP contribution in [0.4, 0.5) is 5.13 Å². The van der Waals surface area contributed by atoms with Crippen LogP contribution in [0.1, 0.15) is 31.9 Å². The molecule has 1 heterocycles. The number of hydrogen-bond donors (Lipinski definition) is 2. The molecule has 0 spiro atoms. The summed E-state index contributed by atoms with van der Waals surface area (Å²) >= 11 is 2.88. The topological polar surface area (TPSA) is 66.9 Å². The molecule has 23 heavy (non-hydrogen) atoms. The monoisotopic (exact) mass is 350 g/mol. The molecule has 0 aliphatic carbocycles. The Kier molecular flexibility index (Phi) is 6.01. The third kappa shape index (κ3) is 6.19. The summed E-state index contributed by atoms with van der Waals surface area (Å²) in [6.07, 6.45) is 0. The fourth-order valence-electron chi connectivity index (χ4n) is 1.82. The van der Waals surface area contributed by atoms with Gasteiger partial charge in [-0.1, -0.05) is 47.4 Å². The number of amides is 1. The molecule has 0 fully saturated rings. The first-order chi connectivity index (χ1) is 10.8. The van der Waals surface area contributed by atoms with Gasteiger partial charge in [-0.3, -0.25) is 4.79 Å². The first kappa shape index (κ1) is 17.7. The molecular weight excluding hydrogens is 328 g/mol. The number of carbonyl (C=O) groups excluding carboxylic acids is 1. The first-order valence-corrected chi connectivity index (χ1v) is 9.19. The van der Waals surface area contributed by atoms with E-state index >= 15 is 0 Å². The van der Waals surface area contributed by atoms with Crippen LogP contribution in [0.3, 0.4) is 0 Å². The van der Waals surface area contributed by atoms with E-state index in [4.69, 9.17) is 0 Å². The van der Waals surface area contributed by atoms with Crippen LogP contribution in [0.2, 0.25) is 0 Å². The predicted octanol–water partition coefficient (Wildman–Crippen LogP) is 3.47. The van der Waals surface area contributed by atoms with E-state index < -0.39 is 0 Å². The van der Waals surface area contributed by atoms with Crippen LogP contribution in [-0.2, 0) is 11.3 Å². The number of anilines is 1. The number of nitrogens with zero attached hydrogens (tertiary/aromatic N) is 2. The molecule has 2 aromatic rings. The molecule has 1 aromatic carbocycles. The Morgan fingerprint density at radius 1 is 1.26 bits per heavy atom. The zero-order valence-corrected chi connectivity index (χ0v) is 15.5. The molecule has 2 N–H and O–H groups in total. The molecule has 1 aromatic heterocycles. The number of aryl methyl sites for hydroxylation is 1. The van der Waals surface area contributed by atoms with Gasteiger partial charge in [-0.25, -0.2) is 0 Å². The van der Waals surface area contributed by atoms with Gasteiger partial charge in [-0.2, -0.15) is 0 Å². The lowest BCUT2D eigenvalue weighted by molar-refractivity contribution is -0.118. The molecule has 0 saturated heterocycles. The summed E-state index contributed by atoms with van der Waals surface area (Å²) in [5.41, 5.74) is 2.27. The van der Waals surface area contributed by atoms with E-state index in [1.807, 2.05) is 31.2 Å². The van der Waals surface area contributed by atoms with Crippen molar-refractivity contribution in [3.8, 4) is 0 Å². The normalized spacial score (nSPS) is 11.3. The number of nitrogens with one attached hydrogen (secondary N) is 2. The van der Waals surface area contributed by atoms with Crippen molar-refractivity contribution in [2.75, 3.05) is 11.1 Å². The molecule has 1 amide bonds. The molecule has 5 nitrogen and oxygen atoms in total.